The lowest BCUT2D eigenvalue weighted by Crippen LogP contribution is -2.18. The lowest BCUT2D eigenvalue weighted by molar-refractivity contribution is 0.172. The molecule has 0 radical (unpaired) electrons. The number of imidazole rings is 1. The zero-order chi connectivity index (χ0) is 9.84. The molecule has 1 heterocycles. The lowest BCUT2D eigenvalue weighted by atomic mass is 10.2. The monoisotopic (exact) mass is 183 g/mol. The number of carbonyl (C=O) groups excluding carboxylic acids is 1. The van der Waals surface area contributed by atoms with E-state index in [4.69, 9.17) is 5.73 Å². The number of hydrogen-bond acceptors (Lipinski definition) is 4. The van der Waals surface area contributed by atoms with Crippen LogP contribution >= 0.6 is 0 Å². The van der Waals surface area contributed by atoms with Crippen LogP contribution in [-0.4, -0.2) is 28.8 Å². The third kappa shape index (κ3) is 2.55. The van der Waals surface area contributed by atoms with Crippen LogP contribution in [0.25, 0.3) is 0 Å². The maximum absolute atomic E-state index is 11.0. The molecule has 0 aliphatic heterocycles. The van der Waals surface area contributed by atoms with E-state index in [-0.39, 0.29) is 6.04 Å². The summed E-state index contributed by atoms with van der Waals surface area (Å²) in [4.78, 5) is 15.0. The highest BCUT2D eigenvalue weighted by Crippen LogP contribution is 1.99. The highest BCUT2D eigenvalue weighted by molar-refractivity contribution is 5.69. The van der Waals surface area contributed by atoms with Crippen LogP contribution in [0.3, 0.4) is 0 Å². The molecule has 0 amide bonds. The molecule has 0 aromatic carbocycles. The van der Waals surface area contributed by atoms with Crippen molar-refractivity contribution in [2.24, 2.45) is 5.73 Å². The highest BCUT2D eigenvalue weighted by atomic mass is 16.5. The summed E-state index contributed by atoms with van der Waals surface area (Å²) in [7, 11) is 1.33. The van der Waals surface area contributed by atoms with Gasteiger partial charge < -0.3 is 10.5 Å². The molecule has 0 aliphatic rings. The second-order valence-corrected chi connectivity index (χ2v) is 2.92. The van der Waals surface area contributed by atoms with Gasteiger partial charge in [0.2, 0.25) is 0 Å². The Hall–Kier alpha value is -1.36. The Morgan fingerprint density at radius 2 is 2.54 bits per heavy atom. The van der Waals surface area contributed by atoms with Crippen molar-refractivity contribution in [3.8, 4) is 0 Å². The smallest absolute Gasteiger partial charge is 0.418 e. The van der Waals surface area contributed by atoms with Gasteiger partial charge in [0, 0.05) is 18.7 Å². The predicted octanol–water partition coefficient (Wildman–Crippen LogP) is 0.387. The van der Waals surface area contributed by atoms with Crippen LogP contribution in [0.4, 0.5) is 4.79 Å². The molecule has 0 spiro atoms. The van der Waals surface area contributed by atoms with Gasteiger partial charge in [0.05, 0.1) is 12.8 Å². The van der Waals surface area contributed by atoms with Gasteiger partial charge in [-0.2, -0.15) is 0 Å². The minimum absolute atomic E-state index is 0.0426. The number of rotatable bonds is 2. The van der Waals surface area contributed by atoms with Gasteiger partial charge in [-0.3, -0.25) is 0 Å². The number of hydrogen-bond donors (Lipinski definition) is 1. The number of carbonyl (C=O) groups is 1. The van der Waals surface area contributed by atoms with Crippen molar-refractivity contribution >= 4 is 6.09 Å². The molecule has 5 nitrogen and oxygen atoms in total. The second-order valence-electron chi connectivity index (χ2n) is 2.92. The van der Waals surface area contributed by atoms with Crippen LogP contribution in [0, 0.1) is 0 Å². The van der Waals surface area contributed by atoms with Crippen LogP contribution in [0.15, 0.2) is 12.5 Å². The molecule has 0 bridgehead atoms. The molecule has 0 aliphatic carbocycles. The van der Waals surface area contributed by atoms with E-state index >= 15 is 0 Å². The molecule has 2 N–H and O–H groups in total. The van der Waals surface area contributed by atoms with E-state index in [1.165, 1.54) is 18.0 Å². The largest absolute Gasteiger partial charge is 0.452 e. The van der Waals surface area contributed by atoms with E-state index in [1.807, 2.05) is 6.92 Å². The van der Waals surface area contributed by atoms with Crippen LogP contribution in [0.5, 0.6) is 0 Å². The van der Waals surface area contributed by atoms with Crippen molar-refractivity contribution in [3.05, 3.63) is 18.2 Å². The van der Waals surface area contributed by atoms with Crippen molar-refractivity contribution in [3.63, 3.8) is 0 Å². The van der Waals surface area contributed by atoms with Crippen LogP contribution < -0.4 is 5.73 Å². The van der Waals surface area contributed by atoms with Crippen molar-refractivity contribution in [1.82, 2.24) is 9.55 Å². The van der Waals surface area contributed by atoms with E-state index in [0.29, 0.717) is 6.42 Å². The minimum atomic E-state index is -0.441. The van der Waals surface area contributed by atoms with E-state index in [0.717, 1.165) is 5.69 Å². The Morgan fingerprint density at radius 3 is 3.08 bits per heavy atom. The third-order valence-corrected chi connectivity index (χ3v) is 1.55. The summed E-state index contributed by atoms with van der Waals surface area (Å²) in [6, 6.07) is 0.0426. The standard InChI is InChI=1S/C8H13N3O2/c1-6(9)3-7-4-11(5-10-7)8(12)13-2/h4-6H,3,9H2,1-2H3/t6-/m1/s1. The van der Waals surface area contributed by atoms with Gasteiger partial charge in [0.25, 0.3) is 0 Å². The number of ether oxygens (including phenoxy) is 1. The lowest BCUT2D eigenvalue weighted by Gasteiger charge is -1.99. The molecule has 1 atom stereocenters. The summed E-state index contributed by atoms with van der Waals surface area (Å²) in [5.74, 6) is 0. The number of nitrogens with zero attached hydrogens (tertiary/aromatic N) is 2. The fourth-order valence-electron chi connectivity index (χ4n) is 1.00. The van der Waals surface area contributed by atoms with Gasteiger partial charge in [0.15, 0.2) is 0 Å². The molecule has 1 aromatic heterocycles. The SMILES string of the molecule is COC(=O)n1cnc(C[C@@H](C)N)c1. The number of methoxy groups -OCH3 is 1. The van der Waals surface area contributed by atoms with Gasteiger partial charge in [-0.05, 0) is 6.92 Å². The molecule has 1 aromatic rings. The van der Waals surface area contributed by atoms with E-state index in [9.17, 15) is 4.79 Å². The second kappa shape index (κ2) is 4.04. The first kappa shape index (κ1) is 9.73. The average molecular weight is 183 g/mol. The average Bonchev–Trinajstić information content (AvgIpc) is 2.50. The maximum atomic E-state index is 11.0. The van der Waals surface area contributed by atoms with Crippen LogP contribution in [0.1, 0.15) is 12.6 Å². The normalized spacial score (nSPS) is 12.5. The van der Waals surface area contributed by atoms with Crippen LogP contribution in [-0.2, 0) is 11.2 Å². The van der Waals surface area contributed by atoms with Gasteiger partial charge in [-0.1, -0.05) is 0 Å². The molecular formula is C8H13N3O2. The van der Waals surface area contributed by atoms with Gasteiger partial charge in [0.1, 0.15) is 6.33 Å². The van der Waals surface area contributed by atoms with Crippen molar-refractivity contribution in [2.45, 2.75) is 19.4 Å². The molecule has 1 rings (SSSR count). The molecule has 13 heavy (non-hydrogen) atoms. The number of aromatic nitrogens is 2. The minimum Gasteiger partial charge on any atom is -0.452 e. The van der Waals surface area contributed by atoms with Crippen molar-refractivity contribution < 1.29 is 9.53 Å². The predicted molar refractivity (Wildman–Crippen MR) is 47.4 cm³/mol. The molecule has 0 unspecified atom stereocenters. The zero-order valence-corrected chi connectivity index (χ0v) is 7.73. The van der Waals surface area contributed by atoms with Gasteiger partial charge in [-0.25, -0.2) is 14.3 Å². The van der Waals surface area contributed by atoms with E-state index in [1.54, 1.807) is 6.20 Å². The summed E-state index contributed by atoms with van der Waals surface area (Å²) >= 11 is 0. The number of nitrogens with two attached hydrogens (primary N) is 1. The molecular weight excluding hydrogens is 170 g/mol. The fraction of sp³-hybridized carbons (Fsp3) is 0.500. The first-order valence-electron chi connectivity index (χ1n) is 4.00. The zero-order valence-electron chi connectivity index (χ0n) is 7.73. The molecule has 5 heteroatoms. The Kier molecular flexibility index (Phi) is 3.02. The molecule has 72 valence electrons. The molecule has 0 saturated carbocycles. The summed E-state index contributed by atoms with van der Waals surface area (Å²) in [6.45, 7) is 1.89. The Labute approximate surface area is 76.5 Å². The van der Waals surface area contributed by atoms with Crippen molar-refractivity contribution in [2.75, 3.05) is 7.11 Å². The maximum Gasteiger partial charge on any atom is 0.418 e. The summed E-state index contributed by atoms with van der Waals surface area (Å²) in [5, 5.41) is 0. The fourth-order valence-corrected chi connectivity index (χ4v) is 1.00. The van der Waals surface area contributed by atoms with Crippen molar-refractivity contribution in [1.29, 1.82) is 0 Å². The summed E-state index contributed by atoms with van der Waals surface area (Å²) in [6.07, 6.45) is 3.26. The van der Waals surface area contributed by atoms with E-state index < -0.39 is 6.09 Å². The molecule has 0 fully saturated rings. The summed E-state index contributed by atoms with van der Waals surface area (Å²) < 4.78 is 5.80. The van der Waals surface area contributed by atoms with Gasteiger partial charge >= 0.3 is 6.09 Å². The quantitative estimate of drug-likeness (QED) is 0.719. The Bertz CT molecular complexity index is 293. The first-order valence-corrected chi connectivity index (χ1v) is 4.00. The highest BCUT2D eigenvalue weighted by Gasteiger charge is 2.06. The Morgan fingerprint density at radius 1 is 1.85 bits per heavy atom. The van der Waals surface area contributed by atoms with Gasteiger partial charge in [-0.15, -0.1) is 0 Å². The first-order chi connectivity index (χ1) is 6.13. The Balaban J connectivity index is 2.69. The van der Waals surface area contributed by atoms with Crippen LogP contribution in [0.2, 0.25) is 0 Å². The topological polar surface area (TPSA) is 70.1 Å². The third-order valence-electron chi connectivity index (χ3n) is 1.55. The van der Waals surface area contributed by atoms with E-state index in [2.05, 4.69) is 9.72 Å². The summed E-state index contributed by atoms with van der Waals surface area (Å²) in [5.41, 5.74) is 6.37. The molecule has 0 saturated heterocycles.